The van der Waals surface area contributed by atoms with Crippen LogP contribution in [0.1, 0.15) is 140 Å². The summed E-state index contributed by atoms with van der Waals surface area (Å²) in [4.78, 5) is 0. The molecule has 1 heterocycles. The normalized spacial score (nSPS) is 37.2. The van der Waals surface area contributed by atoms with Crippen molar-refractivity contribution in [3.05, 3.63) is 37.5 Å². The van der Waals surface area contributed by atoms with Gasteiger partial charge in [-0.2, -0.15) is 0 Å². The first-order valence-electron chi connectivity index (χ1n) is 17.7. The molecule has 244 valence electrons. The molecule has 3 N–H and O–H groups in total. The second kappa shape index (κ2) is 16.8. The molecular formula is C39H73N3. The fraction of sp³-hybridized carbons (Fsp3) is 0.821. The molecule has 0 amide bonds. The Hall–Kier alpha value is -1.19. The van der Waals surface area contributed by atoms with E-state index in [1.165, 1.54) is 77.2 Å². The quantitative estimate of drug-likeness (QED) is 0.206. The molecule has 1 aliphatic heterocycles. The summed E-state index contributed by atoms with van der Waals surface area (Å²) in [6.07, 6.45) is 19.3. The van der Waals surface area contributed by atoms with E-state index in [1.54, 1.807) is 5.57 Å². The lowest BCUT2D eigenvalue weighted by Gasteiger charge is -2.45. The van der Waals surface area contributed by atoms with E-state index >= 15 is 0 Å². The first kappa shape index (κ1) is 38.8. The van der Waals surface area contributed by atoms with Crippen molar-refractivity contribution in [3.8, 4) is 0 Å². The van der Waals surface area contributed by atoms with E-state index in [-0.39, 0.29) is 0 Å². The molecule has 5 fully saturated rings. The molecule has 0 aromatic heterocycles. The van der Waals surface area contributed by atoms with Crippen LogP contribution in [0.4, 0.5) is 0 Å². The van der Waals surface area contributed by atoms with Crippen molar-refractivity contribution in [3.63, 3.8) is 0 Å². The summed E-state index contributed by atoms with van der Waals surface area (Å²) >= 11 is 0. The van der Waals surface area contributed by atoms with Crippen molar-refractivity contribution < 1.29 is 0 Å². The van der Waals surface area contributed by atoms with Gasteiger partial charge in [0.2, 0.25) is 0 Å². The topological polar surface area (TPSA) is 47.9 Å². The Kier molecular flexibility index (Phi) is 15.5. The van der Waals surface area contributed by atoms with Crippen LogP contribution in [0.3, 0.4) is 0 Å². The van der Waals surface area contributed by atoms with Gasteiger partial charge < -0.3 is 16.0 Å². The number of hydrogen-bond donors (Lipinski definition) is 3. The average Bonchev–Trinajstić information content (AvgIpc) is 3.25. The highest BCUT2D eigenvalue weighted by Crippen LogP contribution is 2.90. The molecule has 3 nitrogen and oxygen atoms in total. The highest BCUT2D eigenvalue weighted by atomic mass is 15.0. The molecule has 0 aromatic rings. The van der Waals surface area contributed by atoms with Crippen LogP contribution in [0, 0.1) is 44.8 Å². The van der Waals surface area contributed by atoms with E-state index in [1.807, 2.05) is 27.0 Å². The maximum atomic E-state index is 8.32. The lowest BCUT2D eigenvalue weighted by atomic mass is 9.59. The Morgan fingerprint density at radius 1 is 1.05 bits per heavy atom. The third kappa shape index (κ3) is 7.53. The van der Waals surface area contributed by atoms with Crippen molar-refractivity contribution in [1.82, 2.24) is 10.6 Å². The SMILES string of the molecule is C=C.C=C/C=C1/CCC23C4CCC(C(C)=N)C4(C)CCC2C13CCC.CC.CCCC1CC(C)(C)CN1.CNC(C)C. The van der Waals surface area contributed by atoms with Gasteiger partial charge in [0.05, 0.1) is 0 Å². The zero-order valence-electron chi connectivity index (χ0n) is 30.1. The summed E-state index contributed by atoms with van der Waals surface area (Å²) in [6.45, 7) is 33.3. The largest absolute Gasteiger partial charge is 0.318 e. The Balaban J connectivity index is 0.000000386. The third-order valence-electron chi connectivity index (χ3n) is 11.6. The predicted molar refractivity (Wildman–Crippen MR) is 190 cm³/mol. The summed E-state index contributed by atoms with van der Waals surface area (Å²) in [5, 5.41) is 14.9. The summed E-state index contributed by atoms with van der Waals surface area (Å²) in [7, 11) is 1.95. The van der Waals surface area contributed by atoms with Gasteiger partial charge in [0, 0.05) is 35.7 Å². The van der Waals surface area contributed by atoms with Crippen LogP contribution in [0.25, 0.3) is 0 Å². The fourth-order valence-corrected chi connectivity index (χ4v) is 10.2. The second-order valence-corrected chi connectivity index (χ2v) is 14.8. The summed E-state index contributed by atoms with van der Waals surface area (Å²) in [5.41, 5.74) is 4.75. The Morgan fingerprint density at radius 3 is 2.12 bits per heavy atom. The highest BCUT2D eigenvalue weighted by Gasteiger charge is 2.84. The van der Waals surface area contributed by atoms with E-state index < -0.39 is 0 Å². The summed E-state index contributed by atoms with van der Waals surface area (Å²) < 4.78 is 0. The fourth-order valence-electron chi connectivity index (χ4n) is 10.2. The van der Waals surface area contributed by atoms with Crippen LogP contribution >= 0.6 is 0 Å². The minimum Gasteiger partial charge on any atom is -0.318 e. The Bertz CT molecular complexity index is 871. The van der Waals surface area contributed by atoms with Crippen LogP contribution in [-0.2, 0) is 0 Å². The number of rotatable bonds is 7. The van der Waals surface area contributed by atoms with Crippen molar-refractivity contribution >= 4 is 5.71 Å². The molecule has 5 aliphatic rings. The van der Waals surface area contributed by atoms with Crippen molar-refractivity contribution in [2.45, 2.75) is 152 Å². The van der Waals surface area contributed by atoms with E-state index in [2.05, 4.69) is 91.8 Å². The van der Waals surface area contributed by atoms with E-state index in [4.69, 9.17) is 5.41 Å². The molecule has 4 aliphatic carbocycles. The van der Waals surface area contributed by atoms with E-state index in [0.29, 0.717) is 33.6 Å². The standard InChI is InChI=1S/C22H33N.C9H19N.C4H11N.C2H6.C2H4/c1-5-7-16-10-14-22-18-9-8-17(15(3)23)20(18,4)13-11-19(22)21(16,22)12-6-2;1-4-5-8-6-9(2,3)7-10-8;1-4(2)5-3;2*1-2/h5,7,17-19,23H,1,6,8-14H2,2-4H3;8,10H,4-7H2,1-3H3;4-5H,1-3H3;1-2H3;1-2H2/b16-7-,23-15?;;;;. The minimum absolute atomic E-state index is 0.404. The average molecular weight is 584 g/mol. The lowest BCUT2D eigenvalue weighted by molar-refractivity contribution is 0.0524. The van der Waals surface area contributed by atoms with Crippen LogP contribution in [-0.4, -0.2) is 31.4 Å². The van der Waals surface area contributed by atoms with Gasteiger partial charge in [-0.25, -0.2) is 0 Å². The Labute approximate surface area is 263 Å². The van der Waals surface area contributed by atoms with Crippen LogP contribution < -0.4 is 10.6 Å². The van der Waals surface area contributed by atoms with Crippen LogP contribution in [0.2, 0.25) is 0 Å². The molecule has 1 saturated heterocycles. The van der Waals surface area contributed by atoms with Crippen molar-refractivity contribution in [2.75, 3.05) is 13.6 Å². The van der Waals surface area contributed by atoms with Gasteiger partial charge in [-0.15, -0.1) is 13.2 Å². The number of fused-ring (bicyclic) bond motifs is 2. The predicted octanol–water partition coefficient (Wildman–Crippen LogP) is 10.8. The van der Waals surface area contributed by atoms with Crippen molar-refractivity contribution in [1.29, 1.82) is 5.41 Å². The summed E-state index contributed by atoms with van der Waals surface area (Å²) in [5.74, 6) is 2.36. The molecule has 5 rings (SSSR count). The molecule has 42 heavy (non-hydrogen) atoms. The Morgan fingerprint density at radius 2 is 1.67 bits per heavy atom. The smallest absolute Gasteiger partial charge is 0.00946 e. The number of hydrogen-bond acceptors (Lipinski definition) is 3. The first-order chi connectivity index (χ1) is 19.9. The van der Waals surface area contributed by atoms with E-state index in [9.17, 15) is 0 Å². The van der Waals surface area contributed by atoms with Gasteiger partial charge in [-0.05, 0) is 99.8 Å². The molecule has 1 spiro atoms. The zero-order chi connectivity index (χ0) is 32.4. The molecule has 7 unspecified atom stereocenters. The van der Waals surface area contributed by atoms with Gasteiger partial charge in [0.15, 0.2) is 0 Å². The van der Waals surface area contributed by atoms with Crippen LogP contribution in [0.5, 0.6) is 0 Å². The number of allylic oxidation sites excluding steroid dienone is 3. The highest BCUT2D eigenvalue weighted by molar-refractivity contribution is 5.82. The molecule has 3 heteroatoms. The maximum absolute atomic E-state index is 8.32. The van der Waals surface area contributed by atoms with Gasteiger partial charge in [0.1, 0.15) is 0 Å². The van der Waals surface area contributed by atoms with Gasteiger partial charge in [0.25, 0.3) is 0 Å². The van der Waals surface area contributed by atoms with E-state index in [0.717, 1.165) is 23.6 Å². The molecule has 4 saturated carbocycles. The lowest BCUT2D eigenvalue weighted by Crippen LogP contribution is -2.40. The van der Waals surface area contributed by atoms with Gasteiger partial charge >= 0.3 is 0 Å². The molecule has 0 radical (unpaired) electrons. The monoisotopic (exact) mass is 584 g/mol. The molecular weight excluding hydrogens is 510 g/mol. The summed E-state index contributed by atoms with van der Waals surface area (Å²) in [6, 6.07) is 1.44. The van der Waals surface area contributed by atoms with Crippen molar-refractivity contribution in [2.24, 2.45) is 39.4 Å². The number of nitrogens with one attached hydrogen (secondary N) is 3. The minimum atomic E-state index is 0.404. The zero-order valence-corrected chi connectivity index (χ0v) is 30.1. The first-order valence-corrected chi connectivity index (χ1v) is 17.7. The molecule has 0 bridgehead atoms. The second-order valence-electron chi connectivity index (χ2n) is 14.8. The maximum Gasteiger partial charge on any atom is 0.00946 e. The molecule has 7 atom stereocenters. The third-order valence-corrected chi connectivity index (χ3v) is 11.6. The molecule has 0 aromatic carbocycles. The van der Waals surface area contributed by atoms with Crippen LogP contribution in [0.15, 0.2) is 37.5 Å². The van der Waals surface area contributed by atoms with Gasteiger partial charge in [-0.3, -0.25) is 0 Å². The van der Waals surface area contributed by atoms with Gasteiger partial charge in [-0.1, -0.05) is 99.5 Å².